The van der Waals surface area contributed by atoms with E-state index in [1.807, 2.05) is 35.2 Å². The zero-order valence-corrected chi connectivity index (χ0v) is 22.3. The fraction of sp³-hybridized carbons (Fsp3) is 0.519. The summed E-state index contributed by atoms with van der Waals surface area (Å²) < 4.78 is 44.8. The number of nitrogens with zero attached hydrogens (tertiary/aromatic N) is 3. The van der Waals surface area contributed by atoms with Gasteiger partial charge in [0.15, 0.2) is 0 Å². The van der Waals surface area contributed by atoms with Gasteiger partial charge in [-0.2, -0.15) is 4.31 Å². The van der Waals surface area contributed by atoms with Crippen LogP contribution < -0.4 is 9.47 Å². The number of para-hydroxylation sites is 1. The largest absolute Gasteiger partial charge is 0.497 e. The highest BCUT2D eigenvalue weighted by Gasteiger charge is 2.34. The molecule has 0 spiro atoms. The first-order chi connectivity index (χ1) is 18.0. The van der Waals surface area contributed by atoms with E-state index in [0.717, 1.165) is 38.2 Å². The summed E-state index contributed by atoms with van der Waals surface area (Å²) in [5, 5.41) is 0. The Kier molecular flexibility index (Phi) is 9.79. The van der Waals surface area contributed by atoms with Crippen molar-refractivity contribution in [3.05, 3.63) is 54.6 Å². The summed E-state index contributed by atoms with van der Waals surface area (Å²) in [5.74, 6) is 1.42. The second-order valence-corrected chi connectivity index (χ2v) is 11.2. The molecule has 0 saturated carbocycles. The van der Waals surface area contributed by atoms with Crippen LogP contribution in [0.25, 0.3) is 0 Å². The van der Waals surface area contributed by atoms with Crippen molar-refractivity contribution in [3.63, 3.8) is 0 Å². The summed E-state index contributed by atoms with van der Waals surface area (Å²) in [6.07, 6.45) is 2.46. The maximum Gasteiger partial charge on any atom is 0.248 e. The second kappa shape index (κ2) is 13.2. The van der Waals surface area contributed by atoms with Gasteiger partial charge in [0.05, 0.1) is 18.6 Å². The van der Waals surface area contributed by atoms with Gasteiger partial charge in [0, 0.05) is 45.3 Å². The van der Waals surface area contributed by atoms with Gasteiger partial charge in [-0.1, -0.05) is 24.6 Å². The molecule has 202 valence electrons. The van der Waals surface area contributed by atoms with Crippen molar-refractivity contribution in [1.29, 1.82) is 0 Å². The molecule has 2 fully saturated rings. The van der Waals surface area contributed by atoms with Gasteiger partial charge in [0.1, 0.15) is 24.7 Å². The van der Waals surface area contributed by atoms with Crippen molar-refractivity contribution in [2.45, 2.75) is 30.2 Å². The van der Waals surface area contributed by atoms with Crippen LogP contribution in [-0.2, 0) is 19.6 Å². The Morgan fingerprint density at radius 2 is 1.65 bits per heavy atom. The van der Waals surface area contributed by atoms with E-state index in [1.165, 1.54) is 4.31 Å². The van der Waals surface area contributed by atoms with Crippen molar-refractivity contribution < 1.29 is 27.4 Å². The van der Waals surface area contributed by atoms with E-state index in [9.17, 15) is 13.2 Å². The number of piperidine rings is 1. The summed E-state index contributed by atoms with van der Waals surface area (Å²) in [7, 11) is -2.11. The van der Waals surface area contributed by atoms with Crippen LogP contribution in [-0.4, -0.2) is 101 Å². The SMILES string of the molecule is COc1ccc(S(=O)(=O)N2CCCCC2COCC(=O)N2CCN(CCOc3ccccc3)CC2)cc1. The number of methoxy groups -OCH3 is 1. The van der Waals surface area contributed by atoms with Crippen molar-refractivity contribution in [1.82, 2.24) is 14.1 Å². The normalized spacial score (nSPS) is 19.5. The van der Waals surface area contributed by atoms with Gasteiger partial charge >= 0.3 is 0 Å². The number of hydrogen-bond donors (Lipinski definition) is 0. The van der Waals surface area contributed by atoms with Gasteiger partial charge in [-0.3, -0.25) is 9.69 Å². The lowest BCUT2D eigenvalue weighted by molar-refractivity contribution is -0.138. The van der Waals surface area contributed by atoms with Crippen molar-refractivity contribution >= 4 is 15.9 Å². The van der Waals surface area contributed by atoms with E-state index >= 15 is 0 Å². The highest BCUT2D eigenvalue weighted by atomic mass is 32.2. The lowest BCUT2D eigenvalue weighted by atomic mass is 10.1. The molecule has 10 heteroatoms. The average molecular weight is 532 g/mol. The van der Waals surface area contributed by atoms with Crippen LogP contribution in [0.3, 0.4) is 0 Å². The summed E-state index contributed by atoms with van der Waals surface area (Å²) >= 11 is 0. The molecule has 4 rings (SSSR count). The molecule has 0 N–H and O–H groups in total. The zero-order valence-electron chi connectivity index (χ0n) is 21.5. The molecule has 0 aromatic heterocycles. The van der Waals surface area contributed by atoms with Gasteiger partial charge in [0.2, 0.25) is 15.9 Å². The molecule has 2 saturated heterocycles. The van der Waals surface area contributed by atoms with Crippen molar-refractivity contribution in [3.8, 4) is 11.5 Å². The topological polar surface area (TPSA) is 88.6 Å². The van der Waals surface area contributed by atoms with Crippen LogP contribution >= 0.6 is 0 Å². The molecular weight excluding hydrogens is 494 g/mol. The van der Waals surface area contributed by atoms with Gasteiger partial charge < -0.3 is 19.1 Å². The van der Waals surface area contributed by atoms with Gasteiger partial charge in [-0.15, -0.1) is 0 Å². The first-order valence-corrected chi connectivity index (χ1v) is 14.3. The van der Waals surface area contributed by atoms with E-state index in [1.54, 1.807) is 31.4 Å². The number of sulfonamides is 1. The summed E-state index contributed by atoms with van der Waals surface area (Å²) in [6.45, 7) is 4.92. The molecule has 2 aliphatic heterocycles. The van der Waals surface area contributed by atoms with E-state index in [2.05, 4.69) is 4.90 Å². The fourth-order valence-corrected chi connectivity index (χ4v) is 6.42. The first-order valence-electron chi connectivity index (χ1n) is 12.9. The van der Waals surface area contributed by atoms with Crippen molar-refractivity contribution in [2.24, 2.45) is 0 Å². The molecule has 2 aliphatic rings. The number of carbonyl (C=O) groups excluding carboxylic acids is 1. The Bertz CT molecular complexity index is 1090. The Morgan fingerprint density at radius 3 is 2.35 bits per heavy atom. The molecule has 2 aromatic carbocycles. The van der Waals surface area contributed by atoms with Crippen LogP contribution in [0.1, 0.15) is 19.3 Å². The smallest absolute Gasteiger partial charge is 0.248 e. The summed E-state index contributed by atoms with van der Waals surface area (Å²) in [6, 6.07) is 15.9. The van der Waals surface area contributed by atoms with Crippen LogP contribution in [0.4, 0.5) is 0 Å². The average Bonchev–Trinajstić information content (AvgIpc) is 2.94. The highest BCUT2D eigenvalue weighted by molar-refractivity contribution is 7.89. The number of carbonyl (C=O) groups is 1. The predicted molar refractivity (Wildman–Crippen MR) is 140 cm³/mol. The maximum atomic E-state index is 13.3. The molecule has 0 bridgehead atoms. The first kappa shape index (κ1) is 27.4. The van der Waals surface area contributed by atoms with E-state index in [0.29, 0.717) is 38.4 Å². The minimum atomic E-state index is -3.65. The lowest BCUT2D eigenvalue weighted by Crippen LogP contribution is -2.51. The molecule has 37 heavy (non-hydrogen) atoms. The van der Waals surface area contributed by atoms with Crippen LogP contribution in [0.15, 0.2) is 59.5 Å². The number of piperazine rings is 1. The predicted octanol–water partition coefficient (Wildman–Crippen LogP) is 2.48. The van der Waals surface area contributed by atoms with E-state index < -0.39 is 10.0 Å². The lowest BCUT2D eigenvalue weighted by Gasteiger charge is -2.36. The number of hydrogen-bond acceptors (Lipinski definition) is 7. The highest BCUT2D eigenvalue weighted by Crippen LogP contribution is 2.26. The Morgan fingerprint density at radius 1 is 0.919 bits per heavy atom. The molecule has 0 aliphatic carbocycles. The van der Waals surface area contributed by atoms with E-state index in [-0.39, 0.29) is 30.1 Å². The van der Waals surface area contributed by atoms with Gasteiger partial charge in [-0.25, -0.2) is 8.42 Å². The molecule has 2 aromatic rings. The maximum absolute atomic E-state index is 13.3. The van der Waals surface area contributed by atoms with Gasteiger partial charge in [-0.05, 0) is 49.2 Å². The summed E-state index contributed by atoms with van der Waals surface area (Å²) in [4.78, 5) is 17.1. The number of rotatable bonds is 11. The minimum absolute atomic E-state index is 0.0377. The molecule has 1 amide bonds. The van der Waals surface area contributed by atoms with Crippen LogP contribution in [0.5, 0.6) is 11.5 Å². The standard InChI is InChI=1S/C27H37N3O6S/c1-34-24-10-12-26(13-11-24)37(32,33)30-14-6-5-7-23(30)21-35-22-27(31)29-17-15-28(16-18-29)19-20-36-25-8-3-2-4-9-25/h2-4,8-13,23H,5-7,14-22H2,1H3. The number of ether oxygens (including phenoxy) is 3. The third-order valence-electron chi connectivity index (χ3n) is 6.92. The zero-order chi connectivity index (χ0) is 26.1. The molecule has 1 atom stereocenters. The van der Waals surface area contributed by atoms with Crippen LogP contribution in [0, 0.1) is 0 Å². The molecule has 0 radical (unpaired) electrons. The minimum Gasteiger partial charge on any atom is -0.497 e. The number of benzene rings is 2. The molecule has 9 nitrogen and oxygen atoms in total. The summed E-state index contributed by atoms with van der Waals surface area (Å²) in [5.41, 5.74) is 0. The molecule has 2 heterocycles. The second-order valence-electron chi connectivity index (χ2n) is 9.34. The quantitative estimate of drug-likeness (QED) is 0.440. The Labute approximate surface area is 219 Å². The van der Waals surface area contributed by atoms with E-state index in [4.69, 9.17) is 14.2 Å². The molecule has 1 unspecified atom stereocenters. The Hall–Kier alpha value is -2.66. The third kappa shape index (κ3) is 7.44. The third-order valence-corrected chi connectivity index (χ3v) is 8.89. The fourth-order valence-electron chi connectivity index (χ4n) is 4.74. The van der Waals surface area contributed by atoms with Gasteiger partial charge in [0.25, 0.3) is 0 Å². The Balaban J connectivity index is 1.20. The monoisotopic (exact) mass is 531 g/mol. The molecular formula is C27H37N3O6S. The van der Waals surface area contributed by atoms with Crippen LogP contribution in [0.2, 0.25) is 0 Å². The number of amides is 1. The van der Waals surface area contributed by atoms with Crippen molar-refractivity contribution in [2.75, 3.05) is 66.2 Å².